The number of hydrogen-bond donors (Lipinski definition) is 0. The molecule has 0 unspecified atom stereocenters. The van der Waals surface area contributed by atoms with E-state index in [1.165, 1.54) is 0 Å². The second-order valence-corrected chi connectivity index (χ2v) is 3.24. The summed E-state index contributed by atoms with van der Waals surface area (Å²) in [4.78, 5) is 4.19. The third kappa shape index (κ3) is 1.25. The maximum atomic E-state index is 5.97. The van der Waals surface area contributed by atoms with Crippen molar-refractivity contribution < 1.29 is 4.74 Å². The Morgan fingerprint density at radius 3 is 2.92 bits per heavy atom. The molecule has 0 bridgehead atoms. The highest BCUT2D eigenvalue weighted by molar-refractivity contribution is 6.32. The minimum atomic E-state index is 0.610. The second-order valence-electron chi connectivity index (χ2n) is 2.83. The molecule has 68 valence electrons. The van der Waals surface area contributed by atoms with Crippen LogP contribution in [0, 0.1) is 0 Å². The summed E-state index contributed by atoms with van der Waals surface area (Å²) in [6.07, 6.45) is 1.75. The maximum absolute atomic E-state index is 5.97. The topological polar surface area (TPSA) is 27.1 Å². The third-order valence-corrected chi connectivity index (χ3v) is 2.29. The third-order valence-electron chi connectivity index (χ3n) is 2.00. The number of nitrogens with zero attached hydrogens (tertiary/aromatic N) is 2. The van der Waals surface area contributed by atoms with E-state index in [2.05, 4.69) is 4.98 Å². The molecule has 0 atom stereocenters. The van der Waals surface area contributed by atoms with Gasteiger partial charge in [0.2, 0.25) is 0 Å². The van der Waals surface area contributed by atoms with Crippen LogP contribution in [0.25, 0.3) is 11.0 Å². The molecule has 0 spiro atoms. The Bertz CT molecular complexity index is 450. The van der Waals surface area contributed by atoms with Gasteiger partial charge in [0.05, 0.1) is 29.5 Å². The average Bonchev–Trinajstić information content (AvgIpc) is 2.47. The standard InChI is InChI=1S/C9H9ClN2O/c1-12-5-11-7-4-9(13-2)6(10)3-8(7)12/h3-5H,1-2H3. The lowest BCUT2D eigenvalue weighted by Gasteiger charge is -2.02. The van der Waals surface area contributed by atoms with Gasteiger partial charge in [0.15, 0.2) is 0 Å². The van der Waals surface area contributed by atoms with Crippen LogP contribution < -0.4 is 4.74 Å². The smallest absolute Gasteiger partial charge is 0.139 e. The van der Waals surface area contributed by atoms with Gasteiger partial charge in [0, 0.05) is 13.1 Å². The van der Waals surface area contributed by atoms with Gasteiger partial charge in [-0.05, 0) is 6.07 Å². The number of imidazole rings is 1. The maximum Gasteiger partial charge on any atom is 0.139 e. The Morgan fingerprint density at radius 1 is 1.46 bits per heavy atom. The lowest BCUT2D eigenvalue weighted by atomic mass is 10.3. The first kappa shape index (κ1) is 8.38. The molecule has 13 heavy (non-hydrogen) atoms. The van der Waals surface area contributed by atoms with Crippen LogP contribution in [0.2, 0.25) is 5.02 Å². The number of benzene rings is 1. The van der Waals surface area contributed by atoms with Crippen LogP contribution in [0.5, 0.6) is 5.75 Å². The van der Waals surface area contributed by atoms with Crippen LogP contribution >= 0.6 is 11.6 Å². The molecule has 1 heterocycles. The minimum Gasteiger partial charge on any atom is -0.495 e. The zero-order valence-electron chi connectivity index (χ0n) is 7.41. The molecule has 0 amide bonds. The van der Waals surface area contributed by atoms with E-state index >= 15 is 0 Å². The van der Waals surface area contributed by atoms with E-state index in [-0.39, 0.29) is 0 Å². The molecule has 3 nitrogen and oxygen atoms in total. The first-order valence-corrected chi connectivity index (χ1v) is 4.24. The van der Waals surface area contributed by atoms with Crippen molar-refractivity contribution in [3.8, 4) is 5.75 Å². The van der Waals surface area contributed by atoms with Crippen molar-refractivity contribution in [2.24, 2.45) is 7.05 Å². The van der Waals surface area contributed by atoms with Crippen molar-refractivity contribution in [2.45, 2.75) is 0 Å². The van der Waals surface area contributed by atoms with Crippen LogP contribution in [0.15, 0.2) is 18.5 Å². The molecule has 0 aliphatic rings. The van der Waals surface area contributed by atoms with Gasteiger partial charge >= 0.3 is 0 Å². The van der Waals surface area contributed by atoms with Gasteiger partial charge in [0.25, 0.3) is 0 Å². The minimum absolute atomic E-state index is 0.610. The van der Waals surface area contributed by atoms with E-state index in [4.69, 9.17) is 16.3 Å². The SMILES string of the molecule is COc1cc2ncn(C)c2cc1Cl. The highest BCUT2D eigenvalue weighted by Gasteiger charge is 2.05. The number of methoxy groups -OCH3 is 1. The van der Waals surface area contributed by atoms with Gasteiger partial charge in [0.1, 0.15) is 5.75 Å². The molecule has 0 radical (unpaired) electrons. The van der Waals surface area contributed by atoms with Crippen LogP contribution in [-0.2, 0) is 7.05 Å². The van der Waals surface area contributed by atoms with Crippen molar-refractivity contribution in [3.63, 3.8) is 0 Å². The molecule has 1 aromatic heterocycles. The molecule has 0 aliphatic heterocycles. The first-order valence-electron chi connectivity index (χ1n) is 3.87. The van der Waals surface area contributed by atoms with Crippen LogP contribution in [0.4, 0.5) is 0 Å². The van der Waals surface area contributed by atoms with E-state index < -0.39 is 0 Å². The lowest BCUT2D eigenvalue weighted by Crippen LogP contribution is -1.86. The summed E-state index contributed by atoms with van der Waals surface area (Å²) in [7, 11) is 3.52. The second kappa shape index (κ2) is 2.92. The normalized spacial score (nSPS) is 10.7. The number of ether oxygens (including phenoxy) is 1. The van der Waals surface area contributed by atoms with Gasteiger partial charge in [-0.3, -0.25) is 0 Å². The Morgan fingerprint density at radius 2 is 2.23 bits per heavy atom. The molecule has 0 aliphatic carbocycles. The summed E-state index contributed by atoms with van der Waals surface area (Å²) >= 11 is 5.97. The van der Waals surface area contributed by atoms with Crippen molar-refractivity contribution in [3.05, 3.63) is 23.5 Å². The molecular weight excluding hydrogens is 188 g/mol. The van der Waals surface area contributed by atoms with Crippen molar-refractivity contribution in [2.75, 3.05) is 7.11 Å². The molecule has 0 fully saturated rings. The quantitative estimate of drug-likeness (QED) is 0.700. The van der Waals surface area contributed by atoms with Gasteiger partial charge < -0.3 is 9.30 Å². The van der Waals surface area contributed by atoms with Crippen LogP contribution in [0.1, 0.15) is 0 Å². The van der Waals surface area contributed by atoms with E-state index in [0.717, 1.165) is 11.0 Å². The molecule has 4 heteroatoms. The highest BCUT2D eigenvalue weighted by Crippen LogP contribution is 2.28. The Balaban J connectivity index is 2.76. The summed E-state index contributed by atoms with van der Waals surface area (Å²) in [5.41, 5.74) is 1.90. The predicted molar refractivity (Wildman–Crippen MR) is 52.3 cm³/mol. The monoisotopic (exact) mass is 196 g/mol. The summed E-state index contributed by atoms with van der Waals surface area (Å²) in [5, 5.41) is 0.610. The van der Waals surface area contributed by atoms with Crippen LogP contribution in [-0.4, -0.2) is 16.7 Å². The van der Waals surface area contributed by atoms with E-state index in [1.807, 2.05) is 23.7 Å². The molecular formula is C9H9ClN2O. The molecule has 0 saturated carbocycles. The molecule has 0 N–H and O–H groups in total. The van der Waals surface area contributed by atoms with E-state index in [9.17, 15) is 0 Å². The van der Waals surface area contributed by atoms with Crippen molar-refractivity contribution >= 4 is 22.6 Å². The van der Waals surface area contributed by atoms with Crippen molar-refractivity contribution in [1.82, 2.24) is 9.55 Å². The zero-order valence-corrected chi connectivity index (χ0v) is 8.17. The summed E-state index contributed by atoms with van der Waals surface area (Å²) < 4.78 is 7.00. The first-order chi connectivity index (χ1) is 6.22. The Kier molecular flexibility index (Phi) is 1.88. The molecule has 0 saturated heterocycles. The number of fused-ring (bicyclic) bond motifs is 1. The number of halogens is 1. The van der Waals surface area contributed by atoms with Crippen molar-refractivity contribution in [1.29, 1.82) is 0 Å². The molecule has 2 aromatic rings. The number of aromatic nitrogens is 2. The fraction of sp³-hybridized carbons (Fsp3) is 0.222. The summed E-state index contributed by atoms with van der Waals surface area (Å²) in [6.45, 7) is 0. The average molecular weight is 197 g/mol. The van der Waals surface area contributed by atoms with Gasteiger partial charge in [-0.15, -0.1) is 0 Å². The van der Waals surface area contributed by atoms with E-state index in [0.29, 0.717) is 10.8 Å². The molecule has 2 rings (SSSR count). The van der Waals surface area contributed by atoms with Gasteiger partial charge in [-0.25, -0.2) is 4.98 Å². The number of hydrogen-bond acceptors (Lipinski definition) is 2. The zero-order chi connectivity index (χ0) is 9.42. The van der Waals surface area contributed by atoms with Gasteiger partial charge in [-0.1, -0.05) is 11.6 Å². The number of rotatable bonds is 1. The van der Waals surface area contributed by atoms with E-state index in [1.54, 1.807) is 13.4 Å². The number of aryl methyl sites for hydroxylation is 1. The highest BCUT2D eigenvalue weighted by atomic mass is 35.5. The summed E-state index contributed by atoms with van der Waals surface area (Å²) in [6, 6.07) is 3.68. The van der Waals surface area contributed by atoms with Gasteiger partial charge in [-0.2, -0.15) is 0 Å². The molecule has 1 aromatic carbocycles. The fourth-order valence-electron chi connectivity index (χ4n) is 1.29. The lowest BCUT2D eigenvalue weighted by molar-refractivity contribution is 0.415. The summed E-state index contributed by atoms with van der Waals surface area (Å²) in [5.74, 6) is 0.660. The fourth-order valence-corrected chi connectivity index (χ4v) is 1.52. The van der Waals surface area contributed by atoms with Crippen LogP contribution in [0.3, 0.4) is 0 Å². The largest absolute Gasteiger partial charge is 0.495 e. The Hall–Kier alpha value is -1.22. The Labute approximate surface area is 80.9 Å². The predicted octanol–water partition coefficient (Wildman–Crippen LogP) is 2.24.